The van der Waals surface area contributed by atoms with Crippen LogP contribution in [-0.2, 0) is 0 Å². The highest BCUT2D eigenvalue weighted by molar-refractivity contribution is 5.64. The van der Waals surface area contributed by atoms with E-state index in [9.17, 15) is 0 Å². The van der Waals surface area contributed by atoms with Crippen LogP contribution in [0.5, 0.6) is 5.75 Å². The van der Waals surface area contributed by atoms with Gasteiger partial charge in [-0.2, -0.15) is 0 Å². The van der Waals surface area contributed by atoms with Crippen LogP contribution in [0.25, 0.3) is 11.1 Å². The topological polar surface area (TPSA) is 48.1 Å². The van der Waals surface area contributed by atoms with Crippen LogP contribution in [0.2, 0.25) is 0 Å². The van der Waals surface area contributed by atoms with Gasteiger partial charge < -0.3 is 10.5 Å². The van der Waals surface area contributed by atoms with Crippen LogP contribution in [0.15, 0.2) is 48.8 Å². The van der Waals surface area contributed by atoms with E-state index in [1.54, 1.807) is 12.4 Å². The molecule has 18 heavy (non-hydrogen) atoms. The summed E-state index contributed by atoms with van der Waals surface area (Å²) in [5.74, 6) is 0.876. The van der Waals surface area contributed by atoms with Crippen molar-refractivity contribution in [2.24, 2.45) is 5.73 Å². The molecule has 0 amide bonds. The first kappa shape index (κ1) is 11.2. The number of nitrogens with zero attached hydrogens (tertiary/aromatic N) is 1. The molecule has 0 atom stereocenters. The molecule has 2 N–H and O–H groups in total. The van der Waals surface area contributed by atoms with Crippen molar-refractivity contribution in [3.63, 3.8) is 0 Å². The molecule has 92 valence electrons. The lowest BCUT2D eigenvalue weighted by Gasteiger charge is -2.12. The first-order chi connectivity index (χ1) is 8.75. The van der Waals surface area contributed by atoms with Gasteiger partial charge in [0.1, 0.15) is 12.4 Å². The molecule has 2 aromatic rings. The van der Waals surface area contributed by atoms with E-state index in [4.69, 9.17) is 10.5 Å². The number of hydrogen-bond acceptors (Lipinski definition) is 3. The van der Waals surface area contributed by atoms with Gasteiger partial charge in [0.2, 0.25) is 0 Å². The van der Waals surface area contributed by atoms with E-state index in [-0.39, 0.29) is 5.54 Å². The van der Waals surface area contributed by atoms with Gasteiger partial charge in [0.05, 0.1) is 5.54 Å². The van der Waals surface area contributed by atoms with Gasteiger partial charge in [-0.3, -0.25) is 4.98 Å². The first-order valence-corrected chi connectivity index (χ1v) is 6.17. The second-order valence-electron chi connectivity index (χ2n) is 4.91. The number of hydrogen-bond donors (Lipinski definition) is 1. The summed E-state index contributed by atoms with van der Waals surface area (Å²) in [6, 6.07) is 12.1. The van der Waals surface area contributed by atoms with E-state index in [1.807, 2.05) is 30.3 Å². The lowest BCUT2D eigenvalue weighted by molar-refractivity contribution is 0.279. The van der Waals surface area contributed by atoms with E-state index in [2.05, 4.69) is 11.1 Å². The Hall–Kier alpha value is -1.87. The van der Waals surface area contributed by atoms with Crippen LogP contribution in [0.4, 0.5) is 0 Å². The molecule has 1 heterocycles. The number of pyridine rings is 1. The quantitative estimate of drug-likeness (QED) is 0.893. The number of aromatic nitrogens is 1. The van der Waals surface area contributed by atoms with Gasteiger partial charge in [-0.05, 0) is 48.2 Å². The van der Waals surface area contributed by atoms with E-state index < -0.39 is 0 Å². The zero-order valence-corrected chi connectivity index (χ0v) is 10.2. The molecule has 0 saturated heterocycles. The van der Waals surface area contributed by atoms with E-state index in [0.717, 1.165) is 29.7 Å². The molecule has 0 spiro atoms. The average Bonchev–Trinajstić information content (AvgIpc) is 3.17. The third-order valence-corrected chi connectivity index (χ3v) is 3.27. The third kappa shape index (κ3) is 2.51. The molecule has 1 fully saturated rings. The van der Waals surface area contributed by atoms with Crippen molar-refractivity contribution in [1.29, 1.82) is 0 Å². The minimum atomic E-state index is -0.0767. The van der Waals surface area contributed by atoms with E-state index >= 15 is 0 Å². The monoisotopic (exact) mass is 240 g/mol. The summed E-state index contributed by atoms with van der Waals surface area (Å²) < 4.78 is 5.75. The molecule has 0 aliphatic heterocycles. The highest BCUT2D eigenvalue weighted by Gasteiger charge is 2.39. The summed E-state index contributed by atoms with van der Waals surface area (Å²) in [5.41, 5.74) is 8.21. The Kier molecular flexibility index (Phi) is 2.76. The molecule has 3 heteroatoms. The summed E-state index contributed by atoms with van der Waals surface area (Å²) in [7, 11) is 0. The molecule has 3 rings (SSSR count). The van der Waals surface area contributed by atoms with Crippen LogP contribution in [0.1, 0.15) is 12.8 Å². The van der Waals surface area contributed by atoms with Gasteiger partial charge in [-0.15, -0.1) is 0 Å². The van der Waals surface area contributed by atoms with Gasteiger partial charge >= 0.3 is 0 Å². The normalized spacial score (nSPS) is 16.3. The Morgan fingerprint density at radius 3 is 2.61 bits per heavy atom. The predicted octanol–water partition coefficient (Wildman–Crippen LogP) is 2.62. The average molecular weight is 240 g/mol. The smallest absolute Gasteiger partial charge is 0.120 e. The molecular weight excluding hydrogens is 224 g/mol. The highest BCUT2D eigenvalue weighted by atomic mass is 16.5. The SMILES string of the molecule is NC1(COc2cccc(-c3ccncc3)c2)CC1. The largest absolute Gasteiger partial charge is 0.492 e. The molecule has 0 radical (unpaired) electrons. The molecule has 0 unspecified atom stereocenters. The minimum Gasteiger partial charge on any atom is -0.492 e. The summed E-state index contributed by atoms with van der Waals surface area (Å²) in [5, 5.41) is 0. The lowest BCUT2D eigenvalue weighted by Crippen LogP contribution is -2.29. The van der Waals surface area contributed by atoms with Crippen molar-refractivity contribution in [2.75, 3.05) is 6.61 Å². The molecule has 1 aliphatic carbocycles. The zero-order chi connectivity index (χ0) is 12.4. The number of ether oxygens (including phenoxy) is 1. The summed E-state index contributed by atoms with van der Waals surface area (Å²) >= 11 is 0. The van der Waals surface area contributed by atoms with Crippen molar-refractivity contribution in [2.45, 2.75) is 18.4 Å². The van der Waals surface area contributed by atoms with Crippen LogP contribution in [0.3, 0.4) is 0 Å². The van der Waals surface area contributed by atoms with E-state index in [0.29, 0.717) is 6.61 Å². The molecule has 1 saturated carbocycles. The molecular formula is C15H16N2O. The molecule has 3 nitrogen and oxygen atoms in total. The summed E-state index contributed by atoms with van der Waals surface area (Å²) in [6.45, 7) is 0.604. The van der Waals surface area contributed by atoms with Crippen LogP contribution < -0.4 is 10.5 Å². The standard InChI is InChI=1S/C15H16N2O/c16-15(6-7-15)11-18-14-3-1-2-13(10-14)12-4-8-17-9-5-12/h1-5,8-10H,6-7,11,16H2. The molecule has 1 aromatic carbocycles. The first-order valence-electron chi connectivity index (χ1n) is 6.17. The summed E-state index contributed by atoms with van der Waals surface area (Å²) in [6.07, 6.45) is 5.72. The second-order valence-corrected chi connectivity index (χ2v) is 4.91. The van der Waals surface area contributed by atoms with Gasteiger partial charge in [0.25, 0.3) is 0 Å². The van der Waals surface area contributed by atoms with Gasteiger partial charge in [-0.1, -0.05) is 12.1 Å². The Labute approximate surface area is 107 Å². The Bertz CT molecular complexity index is 535. The maximum atomic E-state index is 6.01. The fraction of sp³-hybridized carbons (Fsp3) is 0.267. The van der Waals surface area contributed by atoms with Crippen LogP contribution in [-0.4, -0.2) is 17.1 Å². The Morgan fingerprint density at radius 1 is 1.11 bits per heavy atom. The van der Waals surface area contributed by atoms with Crippen molar-refractivity contribution in [3.05, 3.63) is 48.8 Å². The molecule has 1 aromatic heterocycles. The van der Waals surface area contributed by atoms with Crippen molar-refractivity contribution >= 4 is 0 Å². The number of nitrogens with two attached hydrogens (primary N) is 1. The van der Waals surface area contributed by atoms with Crippen molar-refractivity contribution < 1.29 is 4.74 Å². The fourth-order valence-corrected chi connectivity index (χ4v) is 1.84. The maximum Gasteiger partial charge on any atom is 0.120 e. The van der Waals surface area contributed by atoms with Gasteiger partial charge in [-0.25, -0.2) is 0 Å². The van der Waals surface area contributed by atoms with Gasteiger partial charge in [0, 0.05) is 12.4 Å². The summed E-state index contributed by atoms with van der Waals surface area (Å²) in [4.78, 5) is 4.02. The molecule has 0 bridgehead atoms. The van der Waals surface area contributed by atoms with Crippen molar-refractivity contribution in [3.8, 4) is 16.9 Å². The van der Waals surface area contributed by atoms with Crippen LogP contribution in [0, 0.1) is 0 Å². The Balaban J connectivity index is 1.76. The van der Waals surface area contributed by atoms with Crippen LogP contribution >= 0.6 is 0 Å². The van der Waals surface area contributed by atoms with Crippen molar-refractivity contribution in [1.82, 2.24) is 4.98 Å². The van der Waals surface area contributed by atoms with Gasteiger partial charge in [0.15, 0.2) is 0 Å². The molecule has 1 aliphatic rings. The lowest BCUT2D eigenvalue weighted by atomic mass is 10.1. The number of benzene rings is 1. The van der Waals surface area contributed by atoms with E-state index in [1.165, 1.54) is 0 Å². The maximum absolute atomic E-state index is 6.01. The highest BCUT2D eigenvalue weighted by Crippen LogP contribution is 2.33. The Morgan fingerprint density at radius 2 is 1.89 bits per heavy atom. The minimum absolute atomic E-state index is 0.0767. The number of rotatable bonds is 4. The fourth-order valence-electron chi connectivity index (χ4n) is 1.84. The predicted molar refractivity (Wildman–Crippen MR) is 71.3 cm³/mol. The zero-order valence-electron chi connectivity index (χ0n) is 10.2. The third-order valence-electron chi connectivity index (χ3n) is 3.27. The second kappa shape index (κ2) is 4.42.